The van der Waals surface area contributed by atoms with E-state index in [0.717, 1.165) is 0 Å². The van der Waals surface area contributed by atoms with Gasteiger partial charge in [0.25, 0.3) is 0 Å². The zero-order chi connectivity index (χ0) is 12.4. The molecule has 1 heterocycles. The van der Waals surface area contributed by atoms with Crippen molar-refractivity contribution in [3.8, 4) is 5.75 Å². The van der Waals surface area contributed by atoms with Crippen LogP contribution in [-0.4, -0.2) is 9.55 Å². The van der Waals surface area contributed by atoms with Crippen molar-refractivity contribution in [2.24, 2.45) is 7.05 Å². The molecule has 0 bridgehead atoms. The van der Waals surface area contributed by atoms with Crippen LogP contribution >= 0.6 is 11.6 Å². The van der Waals surface area contributed by atoms with E-state index in [4.69, 9.17) is 16.3 Å². The van der Waals surface area contributed by atoms with Crippen molar-refractivity contribution in [1.29, 1.82) is 0 Å². The van der Waals surface area contributed by atoms with Crippen LogP contribution in [0.4, 0.5) is 4.39 Å². The molecule has 0 atom stereocenters. The van der Waals surface area contributed by atoms with Crippen LogP contribution in [0.3, 0.4) is 0 Å². The number of halogens is 2. The van der Waals surface area contributed by atoms with Crippen LogP contribution in [0.15, 0.2) is 24.4 Å². The van der Waals surface area contributed by atoms with E-state index in [9.17, 15) is 4.39 Å². The Kier molecular flexibility index (Phi) is 3.33. The first-order valence-electron chi connectivity index (χ1n) is 5.13. The molecule has 17 heavy (non-hydrogen) atoms. The van der Waals surface area contributed by atoms with Gasteiger partial charge >= 0.3 is 0 Å². The monoisotopic (exact) mass is 254 g/mol. The van der Waals surface area contributed by atoms with E-state index in [1.165, 1.54) is 6.07 Å². The molecule has 0 spiro atoms. The summed E-state index contributed by atoms with van der Waals surface area (Å²) in [5.74, 6) is 0.892. The molecule has 0 aliphatic carbocycles. The molecule has 1 aromatic heterocycles. The van der Waals surface area contributed by atoms with E-state index in [1.807, 2.05) is 0 Å². The van der Waals surface area contributed by atoms with Crippen molar-refractivity contribution in [3.05, 3.63) is 46.8 Å². The Morgan fingerprint density at radius 2 is 2.24 bits per heavy atom. The average molecular weight is 255 g/mol. The highest BCUT2D eigenvalue weighted by Crippen LogP contribution is 2.17. The molecule has 0 aliphatic heterocycles. The summed E-state index contributed by atoms with van der Waals surface area (Å²) in [5, 5.41) is 0.540. The largest absolute Gasteiger partial charge is 0.486 e. The lowest BCUT2D eigenvalue weighted by Crippen LogP contribution is -2.03. The fourth-order valence-electron chi connectivity index (χ4n) is 1.37. The van der Waals surface area contributed by atoms with E-state index in [-0.39, 0.29) is 12.4 Å². The van der Waals surface area contributed by atoms with Gasteiger partial charge < -0.3 is 9.30 Å². The predicted octanol–water partition coefficient (Wildman–Crippen LogP) is 3.10. The Labute approximate surface area is 104 Å². The molecule has 0 saturated carbocycles. The summed E-state index contributed by atoms with van der Waals surface area (Å²) >= 11 is 5.84. The highest BCUT2D eigenvalue weighted by Gasteiger charge is 2.06. The zero-order valence-corrected chi connectivity index (χ0v) is 10.3. The third-order valence-electron chi connectivity index (χ3n) is 2.54. The third-order valence-corrected chi connectivity index (χ3v) is 2.89. The van der Waals surface area contributed by atoms with Crippen LogP contribution in [0.25, 0.3) is 0 Å². The lowest BCUT2D eigenvalue weighted by molar-refractivity contribution is 0.290. The molecule has 0 N–H and O–H groups in total. The molecule has 2 rings (SSSR count). The number of aryl methyl sites for hydroxylation is 1. The Hall–Kier alpha value is -1.55. The average Bonchev–Trinajstić information content (AvgIpc) is 2.62. The number of imidazole rings is 1. The molecular formula is C12H12ClFN2O. The molecule has 3 nitrogen and oxygen atoms in total. The lowest BCUT2D eigenvalue weighted by Gasteiger charge is -2.07. The molecule has 0 saturated heterocycles. The Bertz CT molecular complexity index is 539. The number of hydrogen-bond donors (Lipinski definition) is 0. The summed E-state index contributed by atoms with van der Waals surface area (Å²) in [6.07, 6.45) is 1.55. The minimum absolute atomic E-state index is 0.256. The second-order valence-electron chi connectivity index (χ2n) is 3.76. The van der Waals surface area contributed by atoms with Gasteiger partial charge in [-0.3, -0.25) is 0 Å². The van der Waals surface area contributed by atoms with Gasteiger partial charge in [0.05, 0.1) is 6.20 Å². The number of ether oxygens (including phenoxy) is 1. The predicted molar refractivity (Wildman–Crippen MR) is 63.7 cm³/mol. The molecule has 90 valence electrons. The van der Waals surface area contributed by atoms with E-state index in [2.05, 4.69) is 4.98 Å². The van der Waals surface area contributed by atoms with E-state index in [0.29, 0.717) is 22.3 Å². The summed E-state index contributed by atoms with van der Waals surface area (Å²) in [6.45, 7) is 1.96. The van der Waals surface area contributed by atoms with Crippen molar-refractivity contribution in [2.75, 3.05) is 0 Å². The number of rotatable bonds is 3. The fourth-order valence-corrected chi connectivity index (χ4v) is 1.52. The van der Waals surface area contributed by atoms with Crippen molar-refractivity contribution >= 4 is 11.6 Å². The number of aromatic nitrogens is 2. The molecule has 1 aromatic carbocycles. The summed E-state index contributed by atoms with van der Waals surface area (Å²) in [7, 11) is 1.80. The van der Waals surface area contributed by atoms with E-state index < -0.39 is 0 Å². The number of nitrogens with zero attached hydrogens (tertiary/aromatic N) is 2. The lowest BCUT2D eigenvalue weighted by atomic mass is 10.2. The normalized spacial score (nSPS) is 10.6. The topological polar surface area (TPSA) is 27.1 Å². The maximum atomic E-state index is 13.3. The summed E-state index contributed by atoms with van der Waals surface area (Å²) < 4.78 is 20.4. The standard InChI is InChI=1S/C12H12ClFN2O/c1-8-3-4-9(5-10(8)14)17-7-12-15-6-11(13)16(12)2/h3-6H,7H2,1-2H3. The van der Waals surface area contributed by atoms with Gasteiger partial charge in [0.15, 0.2) is 0 Å². The van der Waals surface area contributed by atoms with Gasteiger partial charge in [-0.15, -0.1) is 0 Å². The molecule has 0 amide bonds. The SMILES string of the molecule is Cc1ccc(OCc2ncc(Cl)n2C)cc1F. The molecule has 5 heteroatoms. The first kappa shape index (κ1) is 11.9. The summed E-state index contributed by atoms with van der Waals surface area (Å²) in [6, 6.07) is 4.76. The third kappa shape index (κ3) is 2.58. The molecule has 0 unspecified atom stereocenters. The van der Waals surface area contributed by atoms with E-state index in [1.54, 1.807) is 36.9 Å². The van der Waals surface area contributed by atoms with Crippen LogP contribution < -0.4 is 4.74 Å². The number of hydrogen-bond acceptors (Lipinski definition) is 2. The van der Waals surface area contributed by atoms with Gasteiger partial charge in [0, 0.05) is 13.1 Å². The Balaban J connectivity index is 2.07. The van der Waals surface area contributed by atoms with Crippen molar-refractivity contribution < 1.29 is 9.13 Å². The molecule has 0 radical (unpaired) electrons. The quantitative estimate of drug-likeness (QED) is 0.842. The summed E-state index contributed by atoms with van der Waals surface area (Å²) in [5.41, 5.74) is 0.595. The maximum Gasteiger partial charge on any atom is 0.147 e. The first-order valence-corrected chi connectivity index (χ1v) is 5.51. The van der Waals surface area contributed by atoms with Crippen LogP contribution in [0, 0.1) is 12.7 Å². The first-order chi connectivity index (χ1) is 8.08. The smallest absolute Gasteiger partial charge is 0.147 e. The van der Waals surface area contributed by atoms with Gasteiger partial charge in [-0.2, -0.15) is 0 Å². The van der Waals surface area contributed by atoms with Gasteiger partial charge in [-0.05, 0) is 18.6 Å². The summed E-state index contributed by atoms with van der Waals surface area (Å²) in [4.78, 5) is 4.08. The van der Waals surface area contributed by atoms with Crippen molar-refractivity contribution in [1.82, 2.24) is 9.55 Å². The van der Waals surface area contributed by atoms with Crippen molar-refractivity contribution in [3.63, 3.8) is 0 Å². The van der Waals surface area contributed by atoms with Crippen LogP contribution in [-0.2, 0) is 13.7 Å². The zero-order valence-electron chi connectivity index (χ0n) is 9.58. The second-order valence-corrected chi connectivity index (χ2v) is 4.14. The molecular weight excluding hydrogens is 243 g/mol. The van der Waals surface area contributed by atoms with Crippen molar-refractivity contribution in [2.45, 2.75) is 13.5 Å². The van der Waals surface area contributed by atoms with E-state index >= 15 is 0 Å². The minimum atomic E-state index is -0.277. The maximum absolute atomic E-state index is 13.3. The van der Waals surface area contributed by atoms with Gasteiger partial charge in [-0.25, -0.2) is 9.37 Å². The van der Waals surface area contributed by atoms with Gasteiger partial charge in [0.1, 0.15) is 29.2 Å². The minimum Gasteiger partial charge on any atom is -0.486 e. The Morgan fingerprint density at radius 3 is 2.82 bits per heavy atom. The van der Waals surface area contributed by atoms with Gasteiger partial charge in [0.2, 0.25) is 0 Å². The highest BCUT2D eigenvalue weighted by molar-refractivity contribution is 6.29. The fraction of sp³-hybridized carbons (Fsp3) is 0.250. The molecule has 2 aromatic rings. The number of benzene rings is 1. The second kappa shape index (κ2) is 4.75. The van der Waals surface area contributed by atoms with Crippen LogP contribution in [0.2, 0.25) is 5.15 Å². The Morgan fingerprint density at radius 1 is 1.47 bits per heavy atom. The molecule has 0 aliphatic rings. The highest BCUT2D eigenvalue weighted by atomic mass is 35.5. The molecule has 0 fully saturated rings. The van der Waals surface area contributed by atoms with Gasteiger partial charge in [-0.1, -0.05) is 17.7 Å². The van der Waals surface area contributed by atoms with Crippen LogP contribution in [0.5, 0.6) is 5.75 Å². The van der Waals surface area contributed by atoms with Crippen LogP contribution in [0.1, 0.15) is 11.4 Å².